The number of thioether (sulfide) groups is 8. The van der Waals surface area contributed by atoms with E-state index in [1.54, 1.807) is 23.5 Å². The summed E-state index contributed by atoms with van der Waals surface area (Å²) in [5, 5.41) is 9.72. The summed E-state index contributed by atoms with van der Waals surface area (Å²) in [6.07, 6.45) is -0.842. The molecule has 4 aliphatic rings. The first-order chi connectivity index (χ1) is 10.7. The Morgan fingerprint density at radius 1 is 0.864 bits per heavy atom. The molecule has 120 valence electrons. The van der Waals surface area contributed by atoms with Crippen LogP contribution in [-0.2, 0) is 0 Å². The quantitative estimate of drug-likeness (QED) is 0.547. The number of aliphatic hydroxyl groups is 1. The Morgan fingerprint density at radius 3 is 2.00 bits per heavy atom. The van der Waals surface area contributed by atoms with Gasteiger partial charge in [0, 0.05) is 22.5 Å². The van der Waals surface area contributed by atoms with Gasteiger partial charge >= 0.3 is 0 Å². The average molecular weight is 447 g/mol. The van der Waals surface area contributed by atoms with Crippen molar-refractivity contribution in [2.45, 2.75) is 11.4 Å². The van der Waals surface area contributed by atoms with E-state index in [4.69, 9.17) is 0 Å². The van der Waals surface area contributed by atoms with Crippen LogP contribution in [0.3, 0.4) is 0 Å². The van der Waals surface area contributed by atoms with Gasteiger partial charge in [-0.15, -0.1) is 47.0 Å². The maximum atomic E-state index is 12.7. The minimum Gasteiger partial charge on any atom is -0.389 e. The van der Waals surface area contributed by atoms with Crippen LogP contribution in [0.25, 0.3) is 0 Å². The molecule has 4 heterocycles. The molecule has 10 heteroatoms. The van der Waals surface area contributed by atoms with Gasteiger partial charge in [-0.2, -0.15) is 0 Å². The highest BCUT2D eigenvalue weighted by molar-refractivity contribution is 8.45. The Labute approximate surface area is 163 Å². The number of alkyl halides is 1. The number of hydrogen-bond acceptors (Lipinski definition) is 9. The summed E-state index contributed by atoms with van der Waals surface area (Å²) in [4.78, 5) is 0. The number of aliphatic hydroxyl groups excluding tert-OH is 1. The Morgan fingerprint density at radius 2 is 1.41 bits per heavy atom. The Hall–Kier alpha value is 1.91. The molecule has 0 amide bonds. The summed E-state index contributed by atoms with van der Waals surface area (Å²) in [5.74, 6) is 3.22. The summed E-state index contributed by atoms with van der Waals surface area (Å²) in [6, 6.07) is 0. The van der Waals surface area contributed by atoms with Gasteiger partial charge in [-0.3, -0.25) is 0 Å². The van der Waals surface area contributed by atoms with Crippen molar-refractivity contribution in [2.24, 2.45) is 0 Å². The molecule has 0 aromatic rings. The topological polar surface area (TPSA) is 20.2 Å². The molecule has 1 N–H and O–H groups in total. The van der Waals surface area contributed by atoms with E-state index in [1.165, 1.54) is 36.9 Å². The lowest BCUT2D eigenvalue weighted by atomic mass is 10.3. The maximum Gasteiger partial charge on any atom is 0.116 e. The first-order valence-electron chi connectivity index (χ1n) is 6.48. The predicted octanol–water partition coefficient (Wildman–Crippen LogP) is 5.99. The van der Waals surface area contributed by atoms with E-state index in [0.717, 1.165) is 5.75 Å². The van der Waals surface area contributed by atoms with Crippen LogP contribution < -0.4 is 0 Å². The third-order valence-electron chi connectivity index (χ3n) is 3.02. The molecule has 0 aromatic heterocycles. The zero-order valence-electron chi connectivity index (χ0n) is 11.1. The van der Waals surface area contributed by atoms with Crippen LogP contribution in [0.15, 0.2) is 25.4 Å². The fraction of sp³-hybridized carbons (Fsp3) is 0.500. The zero-order chi connectivity index (χ0) is 15.1. The lowest BCUT2D eigenvalue weighted by Gasteiger charge is -2.24. The summed E-state index contributed by atoms with van der Waals surface area (Å²) in [5.41, 5.74) is 0. The van der Waals surface area contributed by atoms with Gasteiger partial charge in [-0.1, -0.05) is 47.0 Å². The molecule has 0 aliphatic carbocycles. The second-order valence-electron chi connectivity index (χ2n) is 4.52. The molecule has 0 radical (unpaired) electrons. The van der Waals surface area contributed by atoms with Gasteiger partial charge in [0.05, 0.1) is 31.5 Å². The highest BCUT2D eigenvalue weighted by atomic mass is 32.3. The molecule has 1 nitrogen and oxygen atoms in total. The first-order valence-corrected chi connectivity index (χ1v) is 13.6. The predicted molar refractivity (Wildman–Crippen MR) is 112 cm³/mol. The van der Waals surface area contributed by atoms with Gasteiger partial charge in [0.1, 0.15) is 6.67 Å². The van der Waals surface area contributed by atoms with Gasteiger partial charge in [-0.05, 0) is 0 Å². The van der Waals surface area contributed by atoms with Gasteiger partial charge in [0.25, 0.3) is 0 Å². The molecular formula is C12H11FOS8. The minimum absolute atomic E-state index is 0.0208. The number of hydrogen-bond donors (Lipinski definition) is 1. The van der Waals surface area contributed by atoms with Crippen molar-refractivity contribution in [1.82, 2.24) is 0 Å². The van der Waals surface area contributed by atoms with Gasteiger partial charge in [0.15, 0.2) is 0 Å². The van der Waals surface area contributed by atoms with Crippen molar-refractivity contribution in [1.29, 1.82) is 0 Å². The Balaban J connectivity index is 1.45. The van der Waals surface area contributed by atoms with Crippen LogP contribution in [0.2, 0.25) is 0 Å². The zero-order valence-corrected chi connectivity index (χ0v) is 17.6. The van der Waals surface area contributed by atoms with Gasteiger partial charge in [0.2, 0.25) is 0 Å². The van der Waals surface area contributed by atoms with Crippen LogP contribution in [-0.4, -0.2) is 40.4 Å². The molecule has 0 unspecified atom stereocenters. The molecule has 4 aliphatic heterocycles. The summed E-state index contributed by atoms with van der Waals surface area (Å²) >= 11 is 14.9. The summed E-state index contributed by atoms with van der Waals surface area (Å²) < 4.78 is 21.0. The maximum absolute atomic E-state index is 12.7. The lowest BCUT2D eigenvalue weighted by molar-refractivity contribution is 0.142. The highest BCUT2D eigenvalue weighted by Crippen LogP contribution is 2.68. The highest BCUT2D eigenvalue weighted by Gasteiger charge is 2.36. The largest absolute Gasteiger partial charge is 0.389 e. The van der Waals surface area contributed by atoms with E-state index in [0.29, 0.717) is 0 Å². The van der Waals surface area contributed by atoms with E-state index in [1.807, 2.05) is 70.6 Å². The van der Waals surface area contributed by atoms with Crippen LogP contribution in [0.4, 0.5) is 4.39 Å². The van der Waals surface area contributed by atoms with Crippen LogP contribution in [0.1, 0.15) is 0 Å². The van der Waals surface area contributed by atoms with Crippen molar-refractivity contribution in [3.63, 3.8) is 0 Å². The monoisotopic (exact) mass is 446 g/mol. The molecule has 4 rings (SSSR count). The minimum atomic E-state index is -0.842. The van der Waals surface area contributed by atoms with Crippen LogP contribution >= 0.6 is 94.1 Å². The smallest absolute Gasteiger partial charge is 0.116 e. The SMILES string of the molecule is O[C@H](CF)[C@@H]1CSC2=C(SC(=C3SC4=C(SCCS4)S3)S2)S1. The Kier molecular flexibility index (Phi) is 6.03. The fourth-order valence-electron chi connectivity index (χ4n) is 1.94. The summed E-state index contributed by atoms with van der Waals surface area (Å²) in [6.45, 7) is -0.649. The number of halogens is 1. The molecule has 0 bridgehead atoms. The molecule has 0 aromatic carbocycles. The Bertz CT molecular complexity index is 566. The molecular weight excluding hydrogens is 436 g/mol. The van der Waals surface area contributed by atoms with Crippen molar-refractivity contribution >= 4 is 94.1 Å². The number of rotatable bonds is 2. The average Bonchev–Trinajstić information content (AvgIpc) is 3.16. The van der Waals surface area contributed by atoms with Crippen molar-refractivity contribution in [2.75, 3.05) is 23.9 Å². The van der Waals surface area contributed by atoms with E-state index in [-0.39, 0.29) is 5.25 Å². The van der Waals surface area contributed by atoms with E-state index < -0.39 is 12.8 Å². The molecule has 0 spiro atoms. The molecule has 22 heavy (non-hydrogen) atoms. The molecule has 0 saturated heterocycles. The summed E-state index contributed by atoms with van der Waals surface area (Å²) in [7, 11) is 0. The fourth-order valence-corrected chi connectivity index (χ4v) is 14.6. The van der Waals surface area contributed by atoms with E-state index in [9.17, 15) is 9.50 Å². The van der Waals surface area contributed by atoms with Gasteiger partial charge in [-0.25, -0.2) is 4.39 Å². The second-order valence-corrected chi connectivity index (χ2v) is 14.6. The van der Waals surface area contributed by atoms with Crippen LogP contribution in [0, 0.1) is 0 Å². The van der Waals surface area contributed by atoms with E-state index in [2.05, 4.69) is 0 Å². The van der Waals surface area contributed by atoms with E-state index >= 15 is 0 Å². The normalized spacial score (nSPS) is 30.0. The third-order valence-corrected chi connectivity index (χ3v) is 15.4. The third kappa shape index (κ3) is 3.56. The van der Waals surface area contributed by atoms with Crippen molar-refractivity contribution in [3.8, 4) is 0 Å². The van der Waals surface area contributed by atoms with Gasteiger partial charge < -0.3 is 5.11 Å². The first kappa shape index (κ1) is 17.3. The lowest BCUT2D eigenvalue weighted by Crippen LogP contribution is -2.28. The van der Waals surface area contributed by atoms with Crippen molar-refractivity contribution in [3.05, 3.63) is 25.4 Å². The standard InChI is InChI=1S/C12H11FOS8/c13-3-5(14)6-4-17-9-10(18-6)22-12(21-9)11-19-7-8(20-11)16-2-1-15-7/h5-6,14H,1-4H2/t5-,6+/m1/s1. The molecule has 0 saturated carbocycles. The molecule has 0 fully saturated rings. The second kappa shape index (κ2) is 7.65. The van der Waals surface area contributed by atoms with Crippen molar-refractivity contribution < 1.29 is 9.50 Å². The van der Waals surface area contributed by atoms with Crippen LogP contribution in [0.5, 0.6) is 0 Å². The molecule has 2 atom stereocenters.